The fourth-order valence-electron chi connectivity index (χ4n) is 2.85. The van der Waals surface area contributed by atoms with E-state index in [1.165, 1.54) is 4.88 Å². The van der Waals surface area contributed by atoms with Crippen LogP contribution in [0.15, 0.2) is 41.8 Å². The number of rotatable bonds is 3. The lowest BCUT2D eigenvalue weighted by Gasteiger charge is -2.24. The van der Waals surface area contributed by atoms with E-state index >= 15 is 0 Å². The SMILES string of the molecule is CN(C)c1ccc(C(=O)N2CCC[C@H]2c2cccs2)cc1. The van der Waals surface area contributed by atoms with Crippen LogP contribution in [0.3, 0.4) is 0 Å². The Morgan fingerprint density at radius 3 is 2.62 bits per heavy atom. The maximum absolute atomic E-state index is 12.8. The van der Waals surface area contributed by atoms with E-state index in [4.69, 9.17) is 0 Å². The van der Waals surface area contributed by atoms with Crippen LogP contribution in [0.4, 0.5) is 5.69 Å². The van der Waals surface area contributed by atoms with E-state index in [-0.39, 0.29) is 11.9 Å². The fraction of sp³-hybridized carbons (Fsp3) is 0.353. The highest BCUT2D eigenvalue weighted by Gasteiger charge is 2.31. The van der Waals surface area contributed by atoms with Crippen LogP contribution in [-0.4, -0.2) is 31.4 Å². The van der Waals surface area contributed by atoms with Crippen molar-refractivity contribution < 1.29 is 4.79 Å². The van der Waals surface area contributed by atoms with E-state index in [2.05, 4.69) is 17.5 Å². The summed E-state index contributed by atoms with van der Waals surface area (Å²) in [5, 5.41) is 2.09. The number of thiophene rings is 1. The Hall–Kier alpha value is -1.81. The van der Waals surface area contributed by atoms with Crippen molar-refractivity contribution in [1.82, 2.24) is 4.90 Å². The zero-order valence-electron chi connectivity index (χ0n) is 12.5. The molecule has 1 fully saturated rings. The van der Waals surface area contributed by atoms with Gasteiger partial charge in [0.05, 0.1) is 6.04 Å². The van der Waals surface area contributed by atoms with Gasteiger partial charge in [-0.3, -0.25) is 4.79 Å². The lowest BCUT2D eigenvalue weighted by atomic mass is 10.1. The molecule has 1 aromatic carbocycles. The highest BCUT2D eigenvalue weighted by molar-refractivity contribution is 7.10. The molecule has 3 rings (SSSR count). The first-order valence-corrected chi connectivity index (χ1v) is 8.16. The summed E-state index contributed by atoms with van der Waals surface area (Å²) in [7, 11) is 4.01. The number of hydrogen-bond acceptors (Lipinski definition) is 3. The molecule has 110 valence electrons. The van der Waals surface area contributed by atoms with Crippen LogP contribution < -0.4 is 4.90 Å². The summed E-state index contributed by atoms with van der Waals surface area (Å²) in [6.45, 7) is 0.858. The molecule has 0 spiro atoms. The molecule has 1 aliphatic heterocycles. The van der Waals surface area contributed by atoms with Crippen molar-refractivity contribution in [1.29, 1.82) is 0 Å². The Labute approximate surface area is 129 Å². The van der Waals surface area contributed by atoms with Gasteiger partial charge in [0, 0.05) is 36.8 Å². The number of nitrogens with zero attached hydrogens (tertiary/aromatic N) is 2. The van der Waals surface area contributed by atoms with Crippen molar-refractivity contribution in [3.63, 3.8) is 0 Å². The predicted molar refractivity (Wildman–Crippen MR) is 88.1 cm³/mol. The Balaban J connectivity index is 1.81. The second kappa shape index (κ2) is 5.90. The van der Waals surface area contributed by atoms with E-state index < -0.39 is 0 Å². The molecule has 0 radical (unpaired) electrons. The first kappa shape index (κ1) is 14.1. The normalized spacial score (nSPS) is 18.0. The molecule has 0 saturated carbocycles. The predicted octanol–water partition coefficient (Wildman–Crippen LogP) is 3.79. The molecule has 0 bridgehead atoms. The standard InChI is InChI=1S/C17H20N2OS/c1-18(2)14-9-7-13(8-10-14)17(20)19-11-3-5-15(19)16-6-4-12-21-16/h4,6-10,12,15H,3,5,11H2,1-2H3/t15-/m0/s1. The van der Waals surface area contributed by atoms with Crippen molar-refractivity contribution in [2.45, 2.75) is 18.9 Å². The topological polar surface area (TPSA) is 23.6 Å². The van der Waals surface area contributed by atoms with Gasteiger partial charge >= 0.3 is 0 Å². The van der Waals surface area contributed by atoms with E-state index in [9.17, 15) is 4.79 Å². The molecule has 1 aliphatic rings. The van der Waals surface area contributed by atoms with E-state index in [1.54, 1.807) is 11.3 Å². The number of likely N-dealkylation sites (tertiary alicyclic amines) is 1. The number of anilines is 1. The average molecular weight is 300 g/mol. The third kappa shape index (κ3) is 2.81. The van der Waals surface area contributed by atoms with Gasteiger partial charge < -0.3 is 9.80 Å². The van der Waals surface area contributed by atoms with Gasteiger partial charge in [0.1, 0.15) is 0 Å². The van der Waals surface area contributed by atoms with Crippen molar-refractivity contribution >= 4 is 22.9 Å². The maximum Gasteiger partial charge on any atom is 0.254 e. The number of carbonyl (C=O) groups is 1. The first-order chi connectivity index (χ1) is 10.2. The number of carbonyl (C=O) groups excluding carboxylic acids is 1. The number of benzene rings is 1. The zero-order valence-corrected chi connectivity index (χ0v) is 13.3. The highest BCUT2D eigenvalue weighted by atomic mass is 32.1. The number of hydrogen-bond donors (Lipinski definition) is 0. The third-order valence-electron chi connectivity index (χ3n) is 4.02. The van der Waals surface area contributed by atoms with Crippen molar-refractivity contribution in [3.8, 4) is 0 Å². The van der Waals surface area contributed by atoms with Crippen LogP contribution in [0.25, 0.3) is 0 Å². The summed E-state index contributed by atoms with van der Waals surface area (Å²) in [6, 6.07) is 12.3. The van der Waals surface area contributed by atoms with Gasteiger partial charge in [-0.1, -0.05) is 6.07 Å². The van der Waals surface area contributed by atoms with E-state index in [1.807, 2.05) is 48.2 Å². The minimum Gasteiger partial charge on any atom is -0.378 e. The molecule has 1 atom stereocenters. The first-order valence-electron chi connectivity index (χ1n) is 7.28. The largest absolute Gasteiger partial charge is 0.378 e. The number of amides is 1. The monoisotopic (exact) mass is 300 g/mol. The summed E-state index contributed by atoms with van der Waals surface area (Å²) in [6.07, 6.45) is 2.16. The van der Waals surface area contributed by atoms with Gasteiger partial charge in [-0.25, -0.2) is 0 Å². The second-order valence-corrected chi connectivity index (χ2v) is 6.59. The maximum atomic E-state index is 12.8. The average Bonchev–Trinajstić information content (AvgIpc) is 3.17. The van der Waals surface area contributed by atoms with E-state index in [0.717, 1.165) is 30.6 Å². The molecular weight excluding hydrogens is 280 g/mol. The Morgan fingerprint density at radius 1 is 1.24 bits per heavy atom. The van der Waals surface area contributed by atoms with Crippen LogP contribution in [0.1, 0.15) is 34.1 Å². The van der Waals surface area contributed by atoms with Crippen LogP contribution in [0.5, 0.6) is 0 Å². The molecule has 0 unspecified atom stereocenters. The van der Waals surface area contributed by atoms with Gasteiger partial charge in [0.25, 0.3) is 5.91 Å². The van der Waals surface area contributed by atoms with Crippen LogP contribution in [0.2, 0.25) is 0 Å². The summed E-state index contributed by atoms with van der Waals surface area (Å²) in [4.78, 5) is 18.1. The molecule has 2 aromatic rings. The van der Waals surface area contributed by atoms with Crippen molar-refractivity contribution in [2.75, 3.05) is 25.5 Å². The smallest absolute Gasteiger partial charge is 0.254 e. The molecule has 1 amide bonds. The minimum atomic E-state index is 0.149. The molecule has 1 saturated heterocycles. The molecular formula is C17H20N2OS. The summed E-state index contributed by atoms with van der Waals surface area (Å²) in [5.41, 5.74) is 1.90. The second-order valence-electron chi connectivity index (χ2n) is 5.61. The molecule has 4 heteroatoms. The van der Waals surface area contributed by atoms with Crippen LogP contribution in [-0.2, 0) is 0 Å². The summed E-state index contributed by atoms with van der Waals surface area (Å²) in [5.74, 6) is 0.149. The molecule has 1 aromatic heterocycles. The summed E-state index contributed by atoms with van der Waals surface area (Å²) >= 11 is 1.74. The van der Waals surface area contributed by atoms with Crippen molar-refractivity contribution in [2.24, 2.45) is 0 Å². The quantitative estimate of drug-likeness (QED) is 0.861. The highest BCUT2D eigenvalue weighted by Crippen LogP contribution is 2.35. The van der Waals surface area contributed by atoms with Gasteiger partial charge in [-0.15, -0.1) is 11.3 Å². The van der Waals surface area contributed by atoms with Gasteiger partial charge in [0.2, 0.25) is 0 Å². The van der Waals surface area contributed by atoms with Crippen LogP contribution in [0, 0.1) is 0 Å². The molecule has 0 N–H and O–H groups in total. The molecule has 2 heterocycles. The van der Waals surface area contributed by atoms with Gasteiger partial charge in [-0.05, 0) is 48.6 Å². The Bertz CT molecular complexity index is 604. The lowest BCUT2D eigenvalue weighted by molar-refractivity contribution is 0.0738. The Morgan fingerprint density at radius 2 is 2.00 bits per heavy atom. The molecule has 0 aliphatic carbocycles. The molecule has 3 nitrogen and oxygen atoms in total. The van der Waals surface area contributed by atoms with Gasteiger partial charge in [-0.2, -0.15) is 0 Å². The van der Waals surface area contributed by atoms with Crippen LogP contribution >= 0.6 is 11.3 Å². The minimum absolute atomic E-state index is 0.149. The Kier molecular flexibility index (Phi) is 3.97. The summed E-state index contributed by atoms with van der Waals surface area (Å²) < 4.78 is 0. The lowest BCUT2D eigenvalue weighted by Crippen LogP contribution is -2.30. The zero-order chi connectivity index (χ0) is 14.8. The fourth-order valence-corrected chi connectivity index (χ4v) is 3.73. The molecule has 21 heavy (non-hydrogen) atoms. The van der Waals surface area contributed by atoms with E-state index in [0.29, 0.717) is 0 Å². The van der Waals surface area contributed by atoms with Gasteiger partial charge in [0.15, 0.2) is 0 Å². The third-order valence-corrected chi connectivity index (χ3v) is 4.99. The van der Waals surface area contributed by atoms with Crippen molar-refractivity contribution in [3.05, 3.63) is 52.2 Å².